The van der Waals surface area contributed by atoms with Crippen LogP contribution in [0.15, 0.2) is 24.3 Å². The lowest BCUT2D eigenvalue weighted by atomic mass is 9.43. The van der Waals surface area contributed by atoms with Gasteiger partial charge in [0, 0.05) is 6.61 Å². The maximum atomic E-state index is 9.94. The van der Waals surface area contributed by atoms with Crippen LogP contribution < -0.4 is 0 Å². The van der Waals surface area contributed by atoms with Crippen molar-refractivity contribution < 1.29 is 5.11 Å². The molecule has 4 bridgehead atoms. The molecule has 1 N–H and O–H groups in total. The largest absolute Gasteiger partial charge is 0.396 e. The van der Waals surface area contributed by atoms with Gasteiger partial charge in [-0.15, -0.1) is 0 Å². The maximum absolute atomic E-state index is 9.94. The molecule has 4 saturated carbocycles. The minimum Gasteiger partial charge on any atom is -0.396 e. The smallest absolute Gasteiger partial charge is 0.0487 e. The van der Waals surface area contributed by atoms with Gasteiger partial charge in [0.15, 0.2) is 0 Å². The Balaban J connectivity index is 1.76. The Bertz CT molecular complexity index is 473. The van der Waals surface area contributed by atoms with E-state index in [2.05, 4.69) is 31.2 Å². The molecule has 102 valence electrons. The van der Waals surface area contributed by atoms with Crippen molar-refractivity contribution in [3.8, 4) is 0 Å². The van der Waals surface area contributed by atoms with E-state index in [0.29, 0.717) is 12.0 Å². The number of hydrogen-bond acceptors (Lipinski definition) is 1. The molecule has 2 unspecified atom stereocenters. The Morgan fingerprint density at radius 3 is 2.26 bits per heavy atom. The molecule has 1 aromatic carbocycles. The Hall–Kier alpha value is -0.820. The molecule has 0 saturated heterocycles. The first-order valence-corrected chi connectivity index (χ1v) is 7.81. The zero-order valence-electron chi connectivity index (χ0n) is 11.9. The fraction of sp³-hybridized carbons (Fsp3) is 0.667. The van der Waals surface area contributed by atoms with Crippen molar-refractivity contribution in [1.29, 1.82) is 0 Å². The first-order valence-electron chi connectivity index (χ1n) is 7.81. The molecule has 5 rings (SSSR count). The summed E-state index contributed by atoms with van der Waals surface area (Å²) >= 11 is 0. The SMILES string of the molecule is Cc1ccc(C23CC4CC(CC(CO)(C4)C2)C3)cc1. The molecule has 0 radical (unpaired) electrons. The van der Waals surface area contributed by atoms with Gasteiger partial charge < -0.3 is 5.11 Å². The maximum Gasteiger partial charge on any atom is 0.0487 e. The highest BCUT2D eigenvalue weighted by Crippen LogP contribution is 2.65. The molecule has 0 heterocycles. The monoisotopic (exact) mass is 256 g/mol. The summed E-state index contributed by atoms with van der Waals surface area (Å²) in [7, 11) is 0. The van der Waals surface area contributed by atoms with Crippen LogP contribution in [-0.4, -0.2) is 11.7 Å². The Labute approximate surface area is 116 Å². The topological polar surface area (TPSA) is 20.2 Å². The first kappa shape index (κ1) is 12.0. The van der Waals surface area contributed by atoms with Crippen molar-refractivity contribution in [3.05, 3.63) is 35.4 Å². The van der Waals surface area contributed by atoms with Crippen LogP contribution >= 0.6 is 0 Å². The third-order valence-electron chi connectivity index (χ3n) is 6.18. The Morgan fingerprint density at radius 2 is 1.68 bits per heavy atom. The summed E-state index contributed by atoms with van der Waals surface area (Å²) in [6.07, 6.45) is 7.96. The van der Waals surface area contributed by atoms with E-state index in [4.69, 9.17) is 0 Å². The second-order valence-electron chi connectivity index (χ2n) is 7.77. The molecule has 4 aliphatic carbocycles. The summed E-state index contributed by atoms with van der Waals surface area (Å²) in [5.74, 6) is 1.74. The number of hydrogen-bond donors (Lipinski definition) is 1. The van der Waals surface area contributed by atoms with Crippen molar-refractivity contribution in [2.45, 2.75) is 50.9 Å². The zero-order valence-corrected chi connectivity index (χ0v) is 11.9. The number of aliphatic hydroxyl groups is 1. The molecule has 0 amide bonds. The van der Waals surface area contributed by atoms with Crippen molar-refractivity contribution in [1.82, 2.24) is 0 Å². The van der Waals surface area contributed by atoms with E-state index in [-0.39, 0.29) is 5.41 Å². The highest BCUT2D eigenvalue weighted by atomic mass is 16.3. The zero-order chi connectivity index (χ0) is 13.1. The van der Waals surface area contributed by atoms with Crippen LogP contribution in [0.1, 0.15) is 49.7 Å². The Kier molecular flexibility index (Phi) is 2.42. The van der Waals surface area contributed by atoms with Gasteiger partial charge in [-0.3, -0.25) is 0 Å². The minimum atomic E-state index is 0.259. The van der Waals surface area contributed by atoms with E-state index in [1.165, 1.54) is 44.1 Å². The molecule has 0 aliphatic heterocycles. The number of rotatable bonds is 2. The van der Waals surface area contributed by atoms with Gasteiger partial charge in [0.1, 0.15) is 0 Å². The number of aryl methyl sites for hydroxylation is 1. The van der Waals surface area contributed by atoms with Gasteiger partial charge in [-0.1, -0.05) is 29.8 Å². The lowest BCUT2D eigenvalue weighted by Gasteiger charge is -2.62. The molecule has 0 aromatic heterocycles. The van der Waals surface area contributed by atoms with Gasteiger partial charge in [0.2, 0.25) is 0 Å². The van der Waals surface area contributed by atoms with E-state index in [1.54, 1.807) is 5.56 Å². The lowest BCUT2D eigenvalue weighted by Crippen LogP contribution is -2.55. The van der Waals surface area contributed by atoms with Gasteiger partial charge >= 0.3 is 0 Å². The number of benzene rings is 1. The van der Waals surface area contributed by atoms with Crippen LogP contribution in [-0.2, 0) is 5.41 Å². The van der Waals surface area contributed by atoms with Crippen molar-refractivity contribution in [2.75, 3.05) is 6.61 Å². The molecule has 1 heteroatoms. The molecular weight excluding hydrogens is 232 g/mol. The quantitative estimate of drug-likeness (QED) is 0.852. The standard InChI is InChI=1S/C18H24O/c1-13-2-4-16(5-3-13)18-9-14-6-15(10-18)8-17(7-14,11-18)12-19/h2-5,14-15,19H,6-12H2,1H3. The Morgan fingerprint density at radius 1 is 1.05 bits per heavy atom. The van der Waals surface area contributed by atoms with Crippen molar-refractivity contribution in [2.24, 2.45) is 17.3 Å². The second kappa shape index (κ2) is 3.85. The van der Waals surface area contributed by atoms with E-state index in [1.807, 2.05) is 0 Å². The van der Waals surface area contributed by atoms with Crippen LogP contribution in [0.25, 0.3) is 0 Å². The summed E-state index contributed by atoms with van der Waals surface area (Å²) in [6, 6.07) is 9.24. The van der Waals surface area contributed by atoms with Crippen LogP contribution in [0.5, 0.6) is 0 Å². The summed E-state index contributed by atoms with van der Waals surface area (Å²) in [6.45, 7) is 2.58. The fourth-order valence-electron chi connectivity index (χ4n) is 5.88. The summed E-state index contributed by atoms with van der Waals surface area (Å²) in [5, 5.41) is 9.94. The summed E-state index contributed by atoms with van der Waals surface area (Å²) < 4.78 is 0. The summed E-state index contributed by atoms with van der Waals surface area (Å²) in [5.41, 5.74) is 3.55. The molecule has 1 aromatic rings. The van der Waals surface area contributed by atoms with Crippen molar-refractivity contribution >= 4 is 0 Å². The lowest BCUT2D eigenvalue weighted by molar-refractivity contribution is -0.0960. The average Bonchev–Trinajstić information content (AvgIpc) is 2.38. The molecule has 4 fully saturated rings. The molecule has 4 aliphatic rings. The van der Waals surface area contributed by atoms with Gasteiger partial charge in [-0.2, -0.15) is 0 Å². The molecule has 1 nitrogen and oxygen atoms in total. The van der Waals surface area contributed by atoms with Gasteiger partial charge in [-0.05, 0) is 73.7 Å². The normalized spacial score (nSPS) is 43.7. The molecular formula is C18H24O. The van der Waals surface area contributed by atoms with Crippen LogP contribution in [0.3, 0.4) is 0 Å². The van der Waals surface area contributed by atoms with E-state index in [9.17, 15) is 5.11 Å². The fourth-order valence-corrected chi connectivity index (χ4v) is 5.88. The van der Waals surface area contributed by atoms with Crippen LogP contribution in [0.2, 0.25) is 0 Å². The third-order valence-corrected chi connectivity index (χ3v) is 6.18. The number of aliphatic hydroxyl groups excluding tert-OH is 1. The van der Waals surface area contributed by atoms with E-state index < -0.39 is 0 Å². The summed E-state index contributed by atoms with van der Waals surface area (Å²) in [4.78, 5) is 0. The van der Waals surface area contributed by atoms with Crippen LogP contribution in [0.4, 0.5) is 0 Å². The van der Waals surface area contributed by atoms with Crippen LogP contribution in [0, 0.1) is 24.2 Å². The molecule has 2 atom stereocenters. The average molecular weight is 256 g/mol. The van der Waals surface area contributed by atoms with Gasteiger partial charge in [0.05, 0.1) is 0 Å². The van der Waals surface area contributed by atoms with Gasteiger partial charge in [0.25, 0.3) is 0 Å². The predicted octanol–water partition coefficient (Wildman–Crippen LogP) is 3.83. The highest BCUT2D eigenvalue weighted by Gasteiger charge is 2.57. The van der Waals surface area contributed by atoms with Gasteiger partial charge in [-0.25, -0.2) is 0 Å². The van der Waals surface area contributed by atoms with E-state index >= 15 is 0 Å². The van der Waals surface area contributed by atoms with Crippen molar-refractivity contribution in [3.63, 3.8) is 0 Å². The molecule has 0 spiro atoms. The predicted molar refractivity (Wildman–Crippen MR) is 77.1 cm³/mol. The highest BCUT2D eigenvalue weighted by molar-refractivity contribution is 5.32. The molecule has 19 heavy (non-hydrogen) atoms. The third kappa shape index (κ3) is 1.71. The first-order chi connectivity index (χ1) is 9.13. The minimum absolute atomic E-state index is 0.259. The second-order valence-corrected chi connectivity index (χ2v) is 7.77. The van der Waals surface area contributed by atoms with E-state index in [0.717, 1.165) is 11.8 Å².